The molecule has 0 aliphatic carbocycles. The van der Waals surface area contributed by atoms with Crippen LogP contribution in [0.3, 0.4) is 0 Å². The highest BCUT2D eigenvalue weighted by molar-refractivity contribution is 8.93. The first-order valence-electron chi connectivity index (χ1n) is 11.0. The van der Waals surface area contributed by atoms with Gasteiger partial charge in [-0.05, 0) is 66.6 Å². The van der Waals surface area contributed by atoms with Gasteiger partial charge in [-0.1, -0.05) is 12.1 Å². The van der Waals surface area contributed by atoms with Gasteiger partial charge in [-0.2, -0.15) is 0 Å². The van der Waals surface area contributed by atoms with Crippen LogP contribution in [0.4, 0.5) is 18.9 Å². The molecule has 2 N–H and O–H groups in total. The summed E-state index contributed by atoms with van der Waals surface area (Å²) in [5.41, 5.74) is -1.23. The molecule has 0 spiro atoms. The van der Waals surface area contributed by atoms with E-state index in [-0.39, 0.29) is 33.4 Å². The van der Waals surface area contributed by atoms with Gasteiger partial charge in [0, 0.05) is 29.1 Å². The summed E-state index contributed by atoms with van der Waals surface area (Å²) in [5, 5.41) is 7.00. The van der Waals surface area contributed by atoms with Gasteiger partial charge in [0.25, 0.3) is 0 Å². The molecule has 0 aliphatic rings. The molecule has 208 valence electrons. The Balaban J connectivity index is 0.00000420. The Hall–Kier alpha value is -2.84. The first kappa shape index (κ1) is 30.7. The zero-order chi connectivity index (χ0) is 27.5. The van der Waals surface area contributed by atoms with Crippen LogP contribution in [0.25, 0.3) is 11.3 Å². The van der Waals surface area contributed by atoms with E-state index in [1.54, 1.807) is 18.2 Å². The Labute approximate surface area is 242 Å². The van der Waals surface area contributed by atoms with Gasteiger partial charge in [-0.3, -0.25) is 0 Å². The average Bonchev–Trinajstić information content (AvgIpc) is 3.25. The summed E-state index contributed by atoms with van der Waals surface area (Å²) in [7, 11) is -2.43. The number of aryl methyl sites for hydroxylation is 1. The summed E-state index contributed by atoms with van der Waals surface area (Å²) in [5.74, 6) is -0.535. The van der Waals surface area contributed by atoms with E-state index in [0.717, 1.165) is 5.56 Å². The second-order valence-electron chi connectivity index (χ2n) is 8.00. The molecule has 4 aromatic rings. The molecule has 0 saturated heterocycles. The van der Waals surface area contributed by atoms with Crippen LogP contribution in [0.2, 0.25) is 0 Å². The number of aromatic nitrogens is 1. The van der Waals surface area contributed by atoms with E-state index in [0.29, 0.717) is 34.7 Å². The number of sulfonamides is 1. The summed E-state index contributed by atoms with van der Waals surface area (Å²) in [6.45, 7) is 0.416. The number of hydrogen-bond acceptors (Lipinski definition) is 6. The Morgan fingerprint density at radius 1 is 1.08 bits per heavy atom. The first-order chi connectivity index (χ1) is 17.9. The van der Waals surface area contributed by atoms with E-state index in [9.17, 15) is 21.6 Å². The van der Waals surface area contributed by atoms with Crippen molar-refractivity contribution in [1.82, 2.24) is 4.57 Å². The molecule has 0 amide bonds. The molecular formula is C25H22BrClF3N3O4S2. The van der Waals surface area contributed by atoms with E-state index in [4.69, 9.17) is 21.5 Å². The van der Waals surface area contributed by atoms with Crippen molar-refractivity contribution in [2.24, 2.45) is 10.1 Å². The maximum absolute atomic E-state index is 14.5. The summed E-state index contributed by atoms with van der Waals surface area (Å²) >= 11 is 6.13. The lowest BCUT2D eigenvalue weighted by Crippen LogP contribution is -2.17. The van der Waals surface area contributed by atoms with Crippen LogP contribution in [0.5, 0.6) is 11.5 Å². The van der Waals surface area contributed by atoms with Gasteiger partial charge in [-0.25, -0.2) is 22.9 Å². The van der Waals surface area contributed by atoms with Gasteiger partial charge in [0.1, 0.15) is 5.75 Å². The molecule has 1 heterocycles. The monoisotopic (exact) mass is 663 g/mol. The normalized spacial score (nSPS) is 12.2. The number of hydrogen-bond donors (Lipinski definition) is 1. The highest BCUT2D eigenvalue weighted by Crippen LogP contribution is 2.28. The van der Waals surface area contributed by atoms with Crippen LogP contribution in [-0.4, -0.2) is 25.7 Å². The van der Waals surface area contributed by atoms with Crippen molar-refractivity contribution in [1.29, 1.82) is 0 Å². The second kappa shape index (κ2) is 12.6. The van der Waals surface area contributed by atoms with Gasteiger partial charge in [0.15, 0.2) is 16.4 Å². The van der Waals surface area contributed by atoms with Crippen molar-refractivity contribution in [2.75, 3.05) is 7.11 Å². The number of halogens is 5. The average molecular weight is 665 g/mol. The third kappa shape index (κ3) is 8.08. The summed E-state index contributed by atoms with van der Waals surface area (Å²) < 4.78 is 74.6. The quantitative estimate of drug-likeness (QED) is 0.215. The van der Waals surface area contributed by atoms with Crippen molar-refractivity contribution >= 4 is 55.6 Å². The molecule has 39 heavy (non-hydrogen) atoms. The van der Waals surface area contributed by atoms with E-state index < -0.39 is 21.4 Å². The number of alkyl halides is 3. The fraction of sp³-hybridized carbons (Fsp3) is 0.160. The van der Waals surface area contributed by atoms with Crippen LogP contribution < -0.4 is 19.4 Å². The number of nitrogens with zero attached hydrogens (tertiary/aromatic N) is 2. The third-order valence-corrected chi connectivity index (χ3v) is 7.29. The fourth-order valence-corrected chi connectivity index (χ4v) is 5.17. The highest BCUT2D eigenvalue weighted by Gasteiger charge is 2.27. The van der Waals surface area contributed by atoms with E-state index in [2.05, 4.69) is 9.73 Å². The predicted octanol–water partition coefficient (Wildman–Crippen LogP) is 6.23. The highest BCUT2D eigenvalue weighted by atomic mass is 79.9. The number of rotatable bonds is 9. The summed E-state index contributed by atoms with van der Waals surface area (Å²) in [6, 6.07) is 16.5. The lowest BCUT2D eigenvalue weighted by atomic mass is 10.1. The molecule has 3 aromatic carbocycles. The molecule has 4 rings (SSSR count). The molecule has 0 aliphatic heterocycles. The van der Waals surface area contributed by atoms with Gasteiger partial charge in [0.2, 0.25) is 10.0 Å². The largest absolute Gasteiger partial charge is 0.494 e. The molecule has 14 heteroatoms. The van der Waals surface area contributed by atoms with Crippen molar-refractivity contribution in [3.63, 3.8) is 0 Å². The van der Waals surface area contributed by atoms with Gasteiger partial charge in [-0.15, -0.1) is 37.1 Å². The minimum atomic E-state index is -3.83. The van der Waals surface area contributed by atoms with Crippen molar-refractivity contribution < 1.29 is 31.1 Å². The number of primary sulfonamides is 1. The van der Waals surface area contributed by atoms with Crippen LogP contribution in [0, 0.1) is 5.82 Å². The molecule has 1 aromatic heterocycles. The molecule has 0 unspecified atom stereocenters. The van der Waals surface area contributed by atoms with Crippen LogP contribution >= 0.6 is 39.9 Å². The van der Waals surface area contributed by atoms with Crippen LogP contribution in [0.1, 0.15) is 5.56 Å². The minimum absolute atomic E-state index is 0. The van der Waals surface area contributed by atoms with Crippen molar-refractivity contribution in [2.45, 2.75) is 23.4 Å². The summed E-state index contributed by atoms with van der Waals surface area (Å²) in [6.07, 6.45) is 0.498. The van der Waals surface area contributed by atoms with E-state index >= 15 is 0 Å². The van der Waals surface area contributed by atoms with Crippen LogP contribution in [-0.2, 0) is 23.0 Å². The van der Waals surface area contributed by atoms with E-state index in [1.165, 1.54) is 67.0 Å². The topological polar surface area (TPSA) is 95.9 Å². The number of methoxy groups -OCH3 is 1. The minimum Gasteiger partial charge on any atom is -0.494 e. The SMILES string of the molecule is Br.COc1ccc(-c2csc(=Nc3ccc(OC(F)(F)Cl)cc3)n2CCc2ccc(S(N)(=O)=O)cc2)cc1F. The zero-order valence-corrected chi connectivity index (χ0v) is 24.3. The predicted molar refractivity (Wildman–Crippen MR) is 149 cm³/mol. The van der Waals surface area contributed by atoms with Gasteiger partial charge < -0.3 is 14.0 Å². The van der Waals surface area contributed by atoms with Gasteiger partial charge >= 0.3 is 5.57 Å². The smallest absolute Gasteiger partial charge is 0.487 e. The third-order valence-electron chi connectivity index (χ3n) is 5.42. The molecular weight excluding hydrogens is 643 g/mol. The lowest BCUT2D eigenvalue weighted by Gasteiger charge is -2.11. The zero-order valence-electron chi connectivity index (χ0n) is 20.2. The lowest BCUT2D eigenvalue weighted by molar-refractivity contribution is -0.0964. The number of ether oxygens (including phenoxy) is 2. The number of thiazole rings is 1. The Morgan fingerprint density at radius 2 is 1.74 bits per heavy atom. The van der Waals surface area contributed by atoms with Crippen molar-refractivity contribution in [3.8, 4) is 22.8 Å². The van der Waals surface area contributed by atoms with Crippen LogP contribution in [0.15, 0.2) is 82.0 Å². The van der Waals surface area contributed by atoms with Crippen molar-refractivity contribution in [3.05, 3.63) is 88.3 Å². The Bertz CT molecular complexity index is 1610. The maximum Gasteiger partial charge on any atom is 0.487 e. The Morgan fingerprint density at radius 3 is 2.31 bits per heavy atom. The molecule has 0 bridgehead atoms. The second-order valence-corrected chi connectivity index (χ2v) is 10.8. The number of benzene rings is 3. The molecule has 0 fully saturated rings. The van der Waals surface area contributed by atoms with Gasteiger partial charge in [0.05, 0.1) is 23.4 Å². The fourth-order valence-electron chi connectivity index (χ4n) is 3.61. The first-order valence-corrected chi connectivity index (χ1v) is 13.8. The van der Waals surface area contributed by atoms with E-state index in [1.807, 2.05) is 9.95 Å². The number of nitrogens with two attached hydrogens (primary N) is 1. The Kier molecular flexibility index (Phi) is 9.88. The summed E-state index contributed by atoms with van der Waals surface area (Å²) in [4.78, 5) is 5.20. The molecule has 0 radical (unpaired) electrons. The molecule has 7 nitrogen and oxygen atoms in total. The standard InChI is InChI=1S/C25H21ClF3N3O4S2.BrH/c1-35-23-11-4-17(14-21(23)27)22-15-37-24(31-18-5-7-19(8-6-18)36-25(26,28)29)32(22)13-12-16-2-9-20(10-3-16)38(30,33)34;/h2-11,14-15H,12-13H2,1H3,(H2,30,33,34);1H. The molecule has 0 atom stereocenters. The maximum atomic E-state index is 14.5. The molecule has 0 saturated carbocycles.